The smallest absolute Gasteiger partial charge is 0.452 e. The molecule has 292 valence electrons. The maximum absolute atomic E-state index is 11.2. The van der Waals surface area contributed by atoms with Crippen LogP contribution in [-0.2, 0) is 43.4 Å². The molecular weight excluding hydrogens is 722 g/mol. The summed E-state index contributed by atoms with van der Waals surface area (Å²) in [6, 6.07) is 8.53. The summed E-state index contributed by atoms with van der Waals surface area (Å²) in [5.41, 5.74) is 5.39. The molecule has 0 spiro atoms. The van der Waals surface area contributed by atoms with E-state index in [9.17, 15) is 36.6 Å². The van der Waals surface area contributed by atoms with Gasteiger partial charge in [-0.3, -0.25) is 9.98 Å². The van der Waals surface area contributed by atoms with Crippen molar-refractivity contribution in [1.29, 1.82) is 0 Å². The first-order valence-electron chi connectivity index (χ1n) is 17.1. The molecule has 1 aliphatic carbocycles. The van der Waals surface area contributed by atoms with Crippen LogP contribution in [0.5, 0.6) is 11.5 Å². The van der Waals surface area contributed by atoms with Gasteiger partial charge in [0.2, 0.25) is 0 Å². The van der Waals surface area contributed by atoms with E-state index < -0.39 is 18.1 Å². The van der Waals surface area contributed by atoms with Crippen LogP contribution in [-0.4, -0.2) is 63.1 Å². The number of aliphatic hydroxyl groups is 2. The zero-order valence-electron chi connectivity index (χ0n) is 32.4. The summed E-state index contributed by atoms with van der Waals surface area (Å²) in [7, 11) is 0. The minimum Gasteiger partial charge on any atom is -0.507 e. The molecule has 2 atom stereocenters. The molecule has 2 aromatic rings. The van der Waals surface area contributed by atoms with Gasteiger partial charge in [-0.05, 0) is 57.8 Å². The van der Waals surface area contributed by atoms with E-state index in [0.717, 1.165) is 47.9 Å². The van der Waals surface area contributed by atoms with Gasteiger partial charge in [0.05, 0.1) is 12.1 Å². The number of aromatic hydroxyl groups is 2. The van der Waals surface area contributed by atoms with E-state index in [1.807, 2.05) is 12.4 Å². The zero-order chi connectivity index (χ0) is 39.8. The van der Waals surface area contributed by atoms with Crippen LogP contribution < -0.4 is 0 Å². The summed E-state index contributed by atoms with van der Waals surface area (Å²) >= 11 is 0. The number of hydrogen-bond acceptors (Lipinski definition) is 6. The summed E-state index contributed by atoms with van der Waals surface area (Å²) in [4.78, 5) is 10.1. The molecule has 1 fully saturated rings. The summed E-state index contributed by atoms with van der Waals surface area (Å²) in [5, 5.41) is 37.4. The van der Waals surface area contributed by atoms with Crippen LogP contribution in [0.1, 0.15) is 142 Å². The van der Waals surface area contributed by atoms with Crippen molar-refractivity contribution < 1.29 is 68.5 Å². The topological polar surface area (TPSA) is 106 Å². The molecule has 0 aromatic heterocycles. The molecule has 6 nitrogen and oxygen atoms in total. The molecule has 13 heteroatoms. The summed E-state index contributed by atoms with van der Waals surface area (Å²) in [6.07, 6.45) is -4.36. The number of phenolic OH excluding ortho intramolecular Hbond substituents is 2. The Bertz CT molecular complexity index is 1460. The molecule has 1 aliphatic rings. The van der Waals surface area contributed by atoms with Crippen molar-refractivity contribution in [2.45, 2.75) is 161 Å². The number of halogens is 6. The van der Waals surface area contributed by atoms with Gasteiger partial charge in [0, 0.05) is 56.4 Å². The standard InChI is InChI=1S/C36H54N2O2.C3H2F6O2.Ti/c1-33(2,3)25-17-23(31(39)27(19-25)35(7,8)9)21-37-29-15-13-14-16-30(29)38-22-24-18-26(34(4,5)6)20-28(32(24)40)36(10,11)12;4-2(5,6)1(10,11)3(7,8)9;/h17-22,29-30,39-40H,13-16H2,1-12H3;10-11H;/t29-,30-;;/m1../s1. The molecule has 0 bridgehead atoms. The molecule has 0 amide bonds. The molecule has 52 heavy (non-hydrogen) atoms. The first kappa shape index (κ1) is 47.6. The third kappa shape index (κ3) is 12.1. The Morgan fingerprint density at radius 1 is 0.538 bits per heavy atom. The van der Waals surface area contributed by atoms with Crippen LogP contribution in [0.2, 0.25) is 0 Å². The maximum Gasteiger partial charge on any atom is 0.452 e. The van der Waals surface area contributed by atoms with E-state index in [2.05, 4.69) is 107 Å². The molecule has 3 rings (SSSR count). The quantitative estimate of drug-likeness (QED) is 0.107. The van der Waals surface area contributed by atoms with Gasteiger partial charge in [0.1, 0.15) is 11.5 Å². The fraction of sp³-hybridized carbons (Fsp3) is 0.641. The van der Waals surface area contributed by atoms with Gasteiger partial charge in [-0.25, -0.2) is 0 Å². The van der Waals surface area contributed by atoms with Crippen molar-refractivity contribution in [3.63, 3.8) is 0 Å². The van der Waals surface area contributed by atoms with Crippen LogP contribution >= 0.6 is 0 Å². The average Bonchev–Trinajstić information content (AvgIpc) is 2.93. The van der Waals surface area contributed by atoms with E-state index in [0.29, 0.717) is 11.5 Å². The van der Waals surface area contributed by atoms with E-state index >= 15 is 0 Å². The Morgan fingerprint density at radius 2 is 0.827 bits per heavy atom. The van der Waals surface area contributed by atoms with E-state index in [4.69, 9.17) is 20.2 Å². The van der Waals surface area contributed by atoms with Crippen LogP contribution in [0.25, 0.3) is 0 Å². The fourth-order valence-electron chi connectivity index (χ4n) is 5.47. The Labute approximate surface area is 319 Å². The Balaban J connectivity index is 0.000000973. The molecule has 0 saturated heterocycles. The van der Waals surface area contributed by atoms with Gasteiger partial charge in [-0.15, -0.1) is 0 Å². The molecule has 2 aromatic carbocycles. The van der Waals surface area contributed by atoms with Gasteiger partial charge < -0.3 is 20.4 Å². The largest absolute Gasteiger partial charge is 0.507 e. The summed E-state index contributed by atoms with van der Waals surface area (Å²) in [5.74, 6) is -4.99. The number of phenols is 2. The average molecular weight is 779 g/mol. The monoisotopic (exact) mass is 778 g/mol. The predicted octanol–water partition coefficient (Wildman–Crippen LogP) is 9.93. The summed E-state index contributed by atoms with van der Waals surface area (Å²) in [6.45, 7) is 26.0. The van der Waals surface area contributed by atoms with Crippen LogP contribution in [0.15, 0.2) is 34.3 Å². The van der Waals surface area contributed by atoms with Crippen molar-refractivity contribution in [3.8, 4) is 11.5 Å². The third-order valence-corrected chi connectivity index (χ3v) is 8.92. The first-order chi connectivity index (χ1) is 22.7. The molecular formula is C39H56F6N2O4Ti. The van der Waals surface area contributed by atoms with Gasteiger partial charge in [-0.1, -0.05) is 108 Å². The van der Waals surface area contributed by atoms with Crippen molar-refractivity contribution >= 4 is 12.4 Å². The second-order valence-electron chi connectivity index (χ2n) is 17.6. The normalized spacial score (nSPS) is 18.3. The molecule has 0 aliphatic heterocycles. The predicted molar refractivity (Wildman–Crippen MR) is 192 cm³/mol. The SMILES string of the molecule is CC(C)(C)c1cc(C=N[C@@H]2CCCC[C@H]2N=Cc2cc(C(C)(C)C)cc(C(C)(C)C)c2O)c(O)c(C(C)(C)C)c1.OC(O)(C(F)(F)F)C(F)(F)F.[Ti]. The molecule has 4 N–H and O–H groups in total. The fourth-order valence-corrected chi connectivity index (χ4v) is 5.47. The van der Waals surface area contributed by atoms with Crippen molar-refractivity contribution in [3.05, 3.63) is 57.6 Å². The number of aliphatic imine (C=N–C) groups is 2. The van der Waals surface area contributed by atoms with Crippen LogP contribution in [0, 0.1) is 0 Å². The Kier molecular flexibility index (Phi) is 15.1. The second-order valence-corrected chi connectivity index (χ2v) is 17.6. The van der Waals surface area contributed by atoms with Gasteiger partial charge >= 0.3 is 18.1 Å². The third-order valence-electron chi connectivity index (χ3n) is 8.92. The van der Waals surface area contributed by atoms with Gasteiger partial charge in [-0.2, -0.15) is 26.3 Å². The number of rotatable bonds is 4. The van der Waals surface area contributed by atoms with E-state index in [-0.39, 0.29) is 55.5 Å². The first-order valence-corrected chi connectivity index (χ1v) is 17.1. The molecule has 0 radical (unpaired) electrons. The molecule has 0 unspecified atom stereocenters. The van der Waals surface area contributed by atoms with Gasteiger partial charge in [0.15, 0.2) is 0 Å². The number of hydrogen-bond donors (Lipinski definition) is 4. The number of alkyl halides is 6. The Hall–Kier alpha value is -2.41. The Morgan fingerprint density at radius 3 is 1.04 bits per heavy atom. The minimum atomic E-state index is -6.13. The van der Waals surface area contributed by atoms with E-state index in [1.54, 1.807) is 0 Å². The molecule has 0 heterocycles. The van der Waals surface area contributed by atoms with Gasteiger partial charge in [0.25, 0.3) is 0 Å². The number of nitrogens with zero attached hydrogens (tertiary/aromatic N) is 2. The van der Waals surface area contributed by atoms with Crippen LogP contribution in [0.4, 0.5) is 26.3 Å². The number of benzene rings is 2. The zero-order valence-corrected chi connectivity index (χ0v) is 34.0. The van der Waals surface area contributed by atoms with Crippen molar-refractivity contribution in [2.24, 2.45) is 9.98 Å². The maximum atomic E-state index is 11.2. The second kappa shape index (κ2) is 16.5. The van der Waals surface area contributed by atoms with Crippen LogP contribution in [0.3, 0.4) is 0 Å². The van der Waals surface area contributed by atoms with E-state index in [1.165, 1.54) is 11.1 Å². The van der Waals surface area contributed by atoms with Crippen molar-refractivity contribution in [1.82, 2.24) is 0 Å². The molecule has 1 saturated carbocycles. The minimum absolute atomic E-state index is 0. The summed E-state index contributed by atoms with van der Waals surface area (Å²) < 4.78 is 66.7. The van der Waals surface area contributed by atoms with Crippen molar-refractivity contribution in [2.75, 3.05) is 0 Å².